The number of hydrogen-bond donors (Lipinski definition) is 0. The molecule has 0 saturated heterocycles. The van der Waals surface area contributed by atoms with Gasteiger partial charge >= 0.3 is 6.18 Å². The standard InChI is InChI=1S/C11H6ClF3N4S.BrH/c12-7-3-1-6(2-4-7)8-5-20-10-17-16-9(11(13,14)15)19(10)18-8;/h1-4H,5H2;1H/p-1. The van der Waals surface area contributed by atoms with Crippen LogP contribution in [-0.2, 0) is 6.18 Å². The monoisotopic (exact) mass is 397 g/mol. The highest BCUT2D eigenvalue weighted by atomic mass is 79.9. The molecule has 0 unspecified atom stereocenters. The lowest BCUT2D eigenvalue weighted by atomic mass is 10.1. The zero-order chi connectivity index (χ0) is 14.3. The van der Waals surface area contributed by atoms with Crippen molar-refractivity contribution in [1.82, 2.24) is 14.9 Å². The number of fused-ring (bicyclic) bond motifs is 1. The van der Waals surface area contributed by atoms with Gasteiger partial charge < -0.3 is 17.0 Å². The largest absolute Gasteiger partial charge is 1.00 e. The lowest BCUT2D eigenvalue weighted by Crippen LogP contribution is -3.00. The average molecular weight is 399 g/mol. The van der Waals surface area contributed by atoms with E-state index in [1.165, 1.54) is 0 Å². The number of hydrogen-bond acceptors (Lipinski definition) is 4. The van der Waals surface area contributed by atoms with E-state index in [-0.39, 0.29) is 22.1 Å². The maximum atomic E-state index is 12.8. The van der Waals surface area contributed by atoms with E-state index in [9.17, 15) is 13.2 Å². The van der Waals surface area contributed by atoms with E-state index in [0.29, 0.717) is 16.5 Å². The van der Waals surface area contributed by atoms with Crippen LogP contribution in [0.3, 0.4) is 0 Å². The lowest BCUT2D eigenvalue weighted by Gasteiger charge is -2.14. The summed E-state index contributed by atoms with van der Waals surface area (Å²) in [5, 5.41) is 11.3. The molecule has 10 heteroatoms. The van der Waals surface area contributed by atoms with Crippen LogP contribution in [0.4, 0.5) is 13.2 Å². The van der Waals surface area contributed by atoms with E-state index in [0.717, 1.165) is 22.0 Å². The van der Waals surface area contributed by atoms with Gasteiger partial charge in [-0.05, 0) is 17.7 Å². The predicted octanol–water partition coefficient (Wildman–Crippen LogP) is 0.312. The fourth-order valence-electron chi connectivity index (χ4n) is 1.69. The van der Waals surface area contributed by atoms with Crippen LogP contribution in [0.5, 0.6) is 0 Å². The van der Waals surface area contributed by atoms with E-state index >= 15 is 0 Å². The average Bonchev–Trinajstić information content (AvgIpc) is 2.82. The first-order valence-electron chi connectivity index (χ1n) is 5.44. The number of thioether (sulfide) groups is 1. The van der Waals surface area contributed by atoms with Gasteiger partial charge in [-0.25, -0.2) is 0 Å². The van der Waals surface area contributed by atoms with Crippen LogP contribution in [0.1, 0.15) is 11.4 Å². The zero-order valence-corrected chi connectivity index (χ0v) is 13.3. The third kappa shape index (κ3) is 3.24. The Morgan fingerprint density at radius 3 is 2.43 bits per heavy atom. The fraction of sp³-hybridized carbons (Fsp3) is 0.182. The van der Waals surface area contributed by atoms with Crippen molar-refractivity contribution < 1.29 is 30.2 Å². The molecule has 0 spiro atoms. The van der Waals surface area contributed by atoms with E-state index in [2.05, 4.69) is 15.3 Å². The van der Waals surface area contributed by atoms with Gasteiger partial charge in [-0.1, -0.05) is 35.5 Å². The molecule has 21 heavy (non-hydrogen) atoms. The van der Waals surface area contributed by atoms with Crippen molar-refractivity contribution in [3.63, 3.8) is 0 Å². The molecule has 1 aliphatic rings. The first-order chi connectivity index (χ1) is 9.45. The summed E-state index contributed by atoms with van der Waals surface area (Å²) in [6, 6.07) is 6.75. The smallest absolute Gasteiger partial charge is 0.453 e. The summed E-state index contributed by atoms with van der Waals surface area (Å²) >= 11 is 6.94. The molecule has 0 saturated carbocycles. The van der Waals surface area contributed by atoms with Crippen LogP contribution < -0.4 is 17.0 Å². The Bertz CT molecular complexity index is 684. The molecule has 0 atom stereocenters. The highest BCUT2D eigenvalue weighted by Gasteiger charge is 2.39. The summed E-state index contributed by atoms with van der Waals surface area (Å²) < 4.78 is 39.1. The minimum atomic E-state index is -4.59. The zero-order valence-electron chi connectivity index (χ0n) is 10.1. The molecule has 2 heterocycles. The molecule has 0 N–H and O–H groups in total. The second-order valence-electron chi connectivity index (χ2n) is 3.96. The molecule has 0 amide bonds. The van der Waals surface area contributed by atoms with Crippen LogP contribution in [0.2, 0.25) is 5.02 Å². The van der Waals surface area contributed by atoms with Crippen LogP contribution in [0.15, 0.2) is 34.5 Å². The number of alkyl halides is 3. The third-order valence-electron chi connectivity index (χ3n) is 2.60. The minimum absolute atomic E-state index is 0. The van der Waals surface area contributed by atoms with E-state index in [4.69, 9.17) is 11.6 Å². The van der Waals surface area contributed by atoms with Crippen molar-refractivity contribution in [2.24, 2.45) is 5.10 Å². The van der Waals surface area contributed by atoms with Gasteiger partial charge in [0.1, 0.15) is 0 Å². The van der Waals surface area contributed by atoms with Gasteiger partial charge in [-0.3, -0.25) is 0 Å². The molecule has 0 bridgehead atoms. The number of halogens is 5. The van der Waals surface area contributed by atoms with Crippen LogP contribution in [0.25, 0.3) is 0 Å². The Morgan fingerprint density at radius 2 is 1.81 bits per heavy atom. The molecule has 4 nitrogen and oxygen atoms in total. The third-order valence-corrected chi connectivity index (χ3v) is 3.78. The number of nitrogens with zero attached hydrogens (tertiary/aromatic N) is 4. The van der Waals surface area contributed by atoms with Crippen molar-refractivity contribution in [1.29, 1.82) is 0 Å². The van der Waals surface area contributed by atoms with Gasteiger partial charge in [-0.2, -0.15) is 22.9 Å². The second-order valence-corrected chi connectivity index (χ2v) is 5.34. The molecule has 0 radical (unpaired) electrons. The second kappa shape index (κ2) is 5.98. The van der Waals surface area contributed by atoms with Gasteiger partial charge in [0, 0.05) is 10.8 Å². The molecule has 1 aromatic carbocycles. The van der Waals surface area contributed by atoms with Gasteiger partial charge in [0.15, 0.2) is 0 Å². The van der Waals surface area contributed by atoms with Gasteiger partial charge in [0.25, 0.3) is 5.82 Å². The molecule has 0 aliphatic carbocycles. The summed E-state index contributed by atoms with van der Waals surface area (Å²) in [6.07, 6.45) is -4.59. The summed E-state index contributed by atoms with van der Waals surface area (Å²) in [4.78, 5) is 0. The van der Waals surface area contributed by atoms with Gasteiger partial charge in [0.2, 0.25) is 5.16 Å². The first-order valence-corrected chi connectivity index (χ1v) is 6.81. The van der Waals surface area contributed by atoms with Crippen molar-refractivity contribution in [2.75, 3.05) is 5.75 Å². The minimum Gasteiger partial charge on any atom is -1.00 e. The van der Waals surface area contributed by atoms with Crippen molar-refractivity contribution in [2.45, 2.75) is 11.3 Å². The molecule has 112 valence electrons. The maximum absolute atomic E-state index is 12.8. The van der Waals surface area contributed by atoms with E-state index < -0.39 is 12.0 Å². The van der Waals surface area contributed by atoms with Gasteiger partial charge in [0.05, 0.1) is 5.71 Å². The molecule has 2 aromatic rings. The van der Waals surface area contributed by atoms with Gasteiger partial charge in [-0.15, -0.1) is 10.2 Å². The van der Waals surface area contributed by atoms with Crippen LogP contribution in [-0.4, -0.2) is 26.3 Å². The highest BCUT2D eigenvalue weighted by molar-refractivity contribution is 7.99. The normalized spacial score (nSPS) is 14.2. The highest BCUT2D eigenvalue weighted by Crippen LogP contribution is 2.32. The Morgan fingerprint density at radius 1 is 1.14 bits per heavy atom. The Kier molecular flexibility index (Phi) is 4.64. The quantitative estimate of drug-likeness (QED) is 0.695. The Hall–Kier alpha value is -1.06. The molecule has 3 rings (SSSR count). The SMILES string of the molecule is FC(F)(F)c1nnc2n1N=C(c1ccc(Cl)cc1)CS2.[Br-]. The fourth-order valence-corrected chi connectivity index (χ4v) is 2.65. The molecule has 0 fully saturated rings. The van der Waals surface area contributed by atoms with E-state index in [1.807, 2.05) is 0 Å². The molecular weight excluding hydrogens is 393 g/mol. The number of benzene rings is 1. The van der Waals surface area contributed by atoms with Crippen molar-refractivity contribution >= 4 is 29.1 Å². The topological polar surface area (TPSA) is 43.1 Å². The van der Waals surface area contributed by atoms with E-state index in [1.54, 1.807) is 24.3 Å². The molecule has 1 aromatic heterocycles. The Balaban J connectivity index is 0.00000161. The molecular formula is C11H6BrClF3N4S-. The first kappa shape index (κ1) is 16.3. The number of aromatic nitrogens is 3. The van der Waals surface area contributed by atoms with Crippen LogP contribution in [0, 0.1) is 0 Å². The Labute approximate surface area is 137 Å². The summed E-state index contributed by atoms with van der Waals surface area (Å²) in [6.45, 7) is 0. The predicted molar refractivity (Wildman–Crippen MR) is 69.1 cm³/mol. The lowest BCUT2D eigenvalue weighted by molar-refractivity contribution is -0.147. The number of rotatable bonds is 1. The summed E-state index contributed by atoms with van der Waals surface area (Å²) in [5.41, 5.74) is 1.24. The molecule has 1 aliphatic heterocycles. The maximum Gasteiger partial charge on any atom is 0.453 e. The van der Waals surface area contributed by atoms with Crippen molar-refractivity contribution in [3.05, 3.63) is 40.7 Å². The van der Waals surface area contributed by atoms with Crippen molar-refractivity contribution in [3.8, 4) is 0 Å². The summed E-state index contributed by atoms with van der Waals surface area (Å²) in [5.74, 6) is -0.691. The summed E-state index contributed by atoms with van der Waals surface area (Å²) in [7, 11) is 0. The van der Waals surface area contributed by atoms with Crippen LogP contribution >= 0.6 is 23.4 Å².